The van der Waals surface area contributed by atoms with Gasteiger partial charge >= 0.3 is 6.03 Å². The number of hydrogen-bond donors (Lipinski definition) is 1. The van der Waals surface area contributed by atoms with Crippen molar-refractivity contribution in [3.8, 4) is 11.4 Å². The second-order valence-corrected chi connectivity index (χ2v) is 8.60. The Balaban J connectivity index is 1.66. The molecular formula is C26H19ClF2N4O2. The highest BCUT2D eigenvalue weighted by molar-refractivity contribution is 6.30. The van der Waals surface area contributed by atoms with Crippen molar-refractivity contribution in [1.82, 2.24) is 15.5 Å². The van der Waals surface area contributed by atoms with Gasteiger partial charge in [0.1, 0.15) is 0 Å². The van der Waals surface area contributed by atoms with Crippen molar-refractivity contribution in [1.29, 1.82) is 0 Å². The molecule has 0 fully saturated rings. The number of allylic oxidation sites excluding steroid dienone is 1. The number of urea groups is 1. The van der Waals surface area contributed by atoms with Crippen LogP contribution in [0.3, 0.4) is 0 Å². The summed E-state index contributed by atoms with van der Waals surface area (Å²) in [7, 11) is 0. The second kappa shape index (κ2) is 8.96. The van der Waals surface area contributed by atoms with Gasteiger partial charge in [0.05, 0.1) is 17.3 Å². The van der Waals surface area contributed by atoms with Gasteiger partial charge in [-0.15, -0.1) is 0 Å². The van der Waals surface area contributed by atoms with Gasteiger partial charge in [-0.25, -0.2) is 13.6 Å². The van der Waals surface area contributed by atoms with Gasteiger partial charge in [-0.2, -0.15) is 4.98 Å². The van der Waals surface area contributed by atoms with Crippen molar-refractivity contribution in [3.63, 3.8) is 0 Å². The van der Waals surface area contributed by atoms with E-state index in [4.69, 9.17) is 16.1 Å². The van der Waals surface area contributed by atoms with Crippen LogP contribution in [0.1, 0.15) is 30.0 Å². The summed E-state index contributed by atoms with van der Waals surface area (Å²) in [6, 6.07) is 16.7. The quantitative estimate of drug-likeness (QED) is 0.345. The highest BCUT2D eigenvalue weighted by Gasteiger charge is 2.36. The first kappa shape index (κ1) is 22.7. The normalized spacial score (nSPS) is 16.0. The predicted octanol–water partition coefficient (Wildman–Crippen LogP) is 6.68. The first-order valence-corrected chi connectivity index (χ1v) is 11.1. The molecule has 2 amide bonds. The number of hydrogen-bond acceptors (Lipinski definition) is 4. The van der Waals surface area contributed by atoms with Crippen molar-refractivity contribution in [2.75, 3.05) is 4.90 Å². The summed E-state index contributed by atoms with van der Waals surface area (Å²) < 4.78 is 33.2. The predicted molar refractivity (Wildman–Crippen MR) is 129 cm³/mol. The zero-order valence-electron chi connectivity index (χ0n) is 18.7. The van der Waals surface area contributed by atoms with Crippen LogP contribution in [0.5, 0.6) is 0 Å². The van der Waals surface area contributed by atoms with Crippen molar-refractivity contribution in [3.05, 3.63) is 106 Å². The van der Waals surface area contributed by atoms with E-state index in [1.165, 1.54) is 11.0 Å². The van der Waals surface area contributed by atoms with E-state index < -0.39 is 23.7 Å². The van der Waals surface area contributed by atoms with Crippen LogP contribution in [-0.4, -0.2) is 16.2 Å². The summed E-state index contributed by atoms with van der Waals surface area (Å²) in [5, 5.41) is 7.52. The smallest absolute Gasteiger partial charge is 0.327 e. The molecule has 35 heavy (non-hydrogen) atoms. The minimum atomic E-state index is -1.07. The summed E-state index contributed by atoms with van der Waals surface area (Å²) in [5.74, 6) is -1.53. The lowest BCUT2D eigenvalue weighted by Crippen LogP contribution is -2.46. The van der Waals surface area contributed by atoms with Gasteiger partial charge in [0, 0.05) is 22.3 Å². The molecule has 176 valence electrons. The molecule has 0 aliphatic carbocycles. The van der Waals surface area contributed by atoms with Crippen molar-refractivity contribution in [2.45, 2.75) is 19.9 Å². The van der Waals surface area contributed by atoms with Gasteiger partial charge in [-0.05, 0) is 43.7 Å². The minimum absolute atomic E-state index is 0.152. The van der Waals surface area contributed by atoms with E-state index in [2.05, 4.69) is 15.5 Å². The molecule has 0 bridgehead atoms. The molecular weight excluding hydrogens is 474 g/mol. The molecule has 1 atom stereocenters. The average Bonchev–Trinajstić information content (AvgIpc) is 3.31. The summed E-state index contributed by atoms with van der Waals surface area (Å²) in [6.07, 6.45) is 0. The van der Waals surface area contributed by atoms with Gasteiger partial charge in [-0.3, -0.25) is 4.90 Å². The van der Waals surface area contributed by atoms with E-state index in [0.29, 0.717) is 27.7 Å². The molecule has 1 unspecified atom stereocenters. The van der Waals surface area contributed by atoms with E-state index in [0.717, 1.165) is 23.3 Å². The minimum Gasteiger partial charge on any atom is -0.334 e. The molecule has 1 N–H and O–H groups in total. The number of nitrogens with one attached hydrogen (secondary N) is 1. The van der Waals surface area contributed by atoms with Crippen molar-refractivity contribution < 1.29 is 18.1 Å². The fourth-order valence-corrected chi connectivity index (χ4v) is 4.24. The average molecular weight is 493 g/mol. The van der Waals surface area contributed by atoms with Crippen LogP contribution in [-0.2, 0) is 0 Å². The zero-order valence-corrected chi connectivity index (χ0v) is 19.5. The molecule has 1 aromatic heterocycles. The molecule has 1 aliphatic rings. The van der Waals surface area contributed by atoms with Crippen molar-refractivity contribution >= 4 is 28.9 Å². The molecule has 4 aromatic rings. The van der Waals surface area contributed by atoms with Gasteiger partial charge in [0.15, 0.2) is 11.6 Å². The van der Waals surface area contributed by atoms with E-state index in [1.807, 2.05) is 37.3 Å². The Hall–Kier alpha value is -4.04. The Bertz CT molecular complexity index is 1470. The Morgan fingerprint density at radius 3 is 2.49 bits per heavy atom. The van der Waals surface area contributed by atoms with Crippen LogP contribution < -0.4 is 10.2 Å². The van der Waals surface area contributed by atoms with Crippen LogP contribution in [0.2, 0.25) is 5.02 Å². The van der Waals surface area contributed by atoms with Crippen LogP contribution >= 0.6 is 11.6 Å². The SMILES string of the molecule is CC1=C(c2nc(-c3ccc(C)cc3)no2)C(c2cccc(Cl)c2)NC(=O)N1c1ccc(F)c(F)c1. The third-order valence-electron chi connectivity index (χ3n) is 5.79. The number of anilines is 1. The Labute approximate surface area is 204 Å². The van der Waals surface area contributed by atoms with Gasteiger partial charge in [0.2, 0.25) is 5.82 Å². The van der Waals surface area contributed by atoms with Gasteiger partial charge < -0.3 is 9.84 Å². The molecule has 3 aromatic carbocycles. The number of halogens is 3. The largest absolute Gasteiger partial charge is 0.334 e. The highest BCUT2D eigenvalue weighted by Crippen LogP contribution is 2.39. The van der Waals surface area contributed by atoms with Gasteiger partial charge in [0.25, 0.3) is 5.89 Å². The van der Waals surface area contributed by atoms with Crippen LogP contribution in [0.25, 0.3) is 17.0 Å². The first-order valence-electron chi connectivity index (χ1n) is 10.7. The lowest BCUT2D eigenvalue weighted by Gasteiger charge is -2.35. The molecule has 6 nitrogen and oxygen atoms in total. The maximum Gasteiger partial charge on any atom is 0.327 e. The Morgan fingerprint density at radius 1 is 1.00 bits per heavy atom. The molecule has 0 radical (unpaired) electrons. The number of carbonyl (C=O) groups excluding carboxylic acids is 1. The fraction of sp³-hybridized carbons (Fsp3) is 0.115. The maximum absolute atomic E-state index is 14.0. The number of nitrogens with zero attached hydrogens (tertiary/aromatic N) is 3. The molecule has 2 heterocycles. The first-order chi connectivity index (χ1) is 16.8. The van der Waals surface area contributed by atoms with Crippen LogP contribution in [0, 0.1) is 18.6 Å². The summed E-state index contributed by atoms with van der Waals surface area (Å²) in [5.41, 5.74) is 3.63. The van der Waals surface area contributed by atoms with Gasteiger partial charge in [-0.1, -0.05) is 58.7 Å². The van der Waals surface area contributed by atoms with E-state index in [-0.39, 0.29) is 11.6 Å². The monoisotopic (exact) mass is 492 g/mol. The molecule has 9 heteroatoms. The highest BCUT2D eigenvalue weighted by atomic mass is 35.5. The van der Waals surface area contributed by atoms with Crippen LogP contribution in [0.4, 0.5) is 19.3 Å². The lowest BCUT2D eigenvalue weighted by atomic mass is 9.94. The van der Waals surface area contributed by atoms with Crippen LogP contribution in [0.15, 0.2) is 77.0 Å². The number of rotatable bonds is 4. The fourth-order valence-electron chi connectivity index (χ4n) is 4.04. The number of benzene rings is 3. The maximum atomic E-state index is 14.0. The standard InChI is InChI=1S/C26H19ClF2N4O2/c1-14-6-8-16(9-7-14)24-31-25(35-32-24)22-15(2)33(19-10-11-20(28)21(29)13-19)26(34)30-23(22)17-4-3-5-18(27)12-17/h3-13,23H,1-2H3,(H,30,34). The molecule has 0 saturated heterocycles. The second-order valence-electron chi connectivity index (χ2n) is 8.16. The topological polar surface area (TPSA) is 71.3 Å². The molecule has 0 spiro atoms. The van der Waals surface area contributed by atoms with E-state index in [1.54, 1.807) is 25.1 Å². The molecule has 0 saturated carbocycles. The summed E-state index contributed by atoms with van der Waals surface area (Å²) in [6.45, 7) is 3.66. The number of aryl methyl sites for hydroxylation is 1. The van der Waals surface area contributed by atoms with Crippen molar-refractivity contribution in [2.24, 2.45) is 0 Å². The third kappa shape index (κ3) is 4.28. The Morgan fingerprint density at radius 2 is 1.77 bits per heavy atom. The molecule has 5 rings (SSSR count). The van der Waals surface area contributed by atoms with E-state index >= 15 is 0 Å². The lowest BCUT2D eigenvalue weighted by molar-refractivity contribution is 0.244. The van der Waals surface area contributed by atoms with E-state index in [9.17, 15) is 13.6 Å². The zero-order chi connectivity index (χ0) is 24.7. The third-order valence-corrected chi connectivity index (χ3v) is 6.03. The summed E-state index contributed by atoms with van der Waals surface area (Å²) >= 11 is 6.22. The number of carbonyl (C=O) groups is 1. The number of amides is 2. The Kier molecular flexibility index (Phi) is 5.82. The summed E-state index contributed by atoms with van der Waals surface area (Å²) in [4.78, 5) is 19.0. The number of aromatic nitrogens is 2. The molecule has 1 aliphatic heterocycles.